The third kappa shape index (κ3) is 5.98. The second-order valence-electron chi connectivity index (χ2n) is 5.58. The van der Waals surface area contributed by atoms with Gasteiger partial charge in [-0.15, -0.1) is 0 Å². The van der Waals surface area contributed by atoms with Gasteiger partial charge in [0.2, 0.25) is 0 Å². The Kier molecular flexibility index (Phi) is 7.61. The number of benzene rings is 1. The van der Waals surface area contributed by atoms with Crippen molar-refractivity contribution in [1.29, 1.82) is 0 Å². The normalized spacial score (nSPS) is 12.6. The molecule has 0 aliphatic heterocycles. The van der Waals surface area contributed by atoms with Crippen LogP contribution < -0.4 is 9.47 Å². The van der Waals surface area contributed by atoms with E-state index in [9.17, 15) is 0 Å². The largest absolute Gasteiger partial charge is 0.494 e. The second-order valence-corrected chi connectivity index (χ2v) is 6.80. The fourth-order valence-corrected chi connectivity index (χ4v) is 2.85. The third-order valence-electron chi connectivity index (χ3n) is 3.57. The molecule has 0 amide bonds. The number of thioether (sulfide) groups is 1. The van der Waals surface area contributed by atoms with Gasteiger partial charge in [0.1, 0.15) is 11.5 Å². The van der Waals surface area contributed by atoms with Gasteiger partial charge in [-0.25, -0.2) is 0 Å². The molecule has 0 spiro atoms. The van der Waals surface area contributed by atoms with Crippen molar-refractivity contribution in [2.75, 3.05) is 6.61 Å². The number of pyridine rings is 1. The van der Waals surface area contributed by atoms with Crippen LogP contribution >= 0.6 is 11.8 Å². The fourth-order valence-electron chi connectivity index (χ4n) is 2.03. The molecule has 132 valence electrons. The molecule has 0 unspecified atom stereocenters. The van der Waals surface area contributed by atoms with Crippen molar-refractivity contribution in [3.05, 3.63) is 70.4 Å². The highest BCUT2D eigenvalue weighted by Crippen LogP contribution is 2.34. The summed E-state index contributed by atoms with van der Waals surface area (Å²) in [6.07, 6.45) is 6.54. The van der Waals surface area contributed by atoms with E-state index < -0.39 is 0 Å². The maximum Gasteiger partial charge on any atom is 0.168 e. The van der Waals surface area contributed by atoms with Gasteiger partial charge < -0.3 is 9.47 Å². The average molecular weight is 356 g/mol. The number of nitrogens with zero attached hydrogens (tertiary/aromatic N) is 1. The highest BCUT2D eigenvalue weighted by molar-refractivity contribution is 8.06. The number of hydrogen-bond donors (Lipinski definition) is 0. The Morgan fingerprint density at radius 3 is 2.48 bits per heavy atom. The Morgan fingerprint density at radius 2 is 1.88 bits per heavy atom. The Balaban J connectivity index is 2.28. The lowest BCUT2D eigenvalue weighted by Gasteiger charge is -2.14. The van der Waals surface area contributed by atoms with E-state index in [2.05, 4.69) is 44.0 Å². The maximum atomic E-state index is 6.11. The molecule has 0 saturated carbocycles. The summed E-state index contributed by atoms with van der Waals surface area (Å²) in [4.78, 5) is 5.30. The second kappa shape index (κ2) is 9.94. The first-order valence-electron chi connectivity index (χ1n) is 8.46. The van der Waals surface area contributed by atoms with Crippen molar-refractivity contribution >= 4 is 17.3 Å². The van der Waals surface area contributed by atoms with E-state index in [4.69, 9.17) is 9.47 Å². The van der Waals surface area contributed by atoms with Crippen LogP contribution in [0.2, 0.25) is 0 Å². The van der Waals surface area contributed by atoms with E-state index in [0.29, 0.717) is 0 Å². The molecule has 0 N–H and O–H groups in total. The van der Waals surface area contributed by atoms with Gasteiger partial charge in [-0.3, -0.25) is 4.98 Å². The van der Waals surface area contributed by atoms with E-state index in [1.807, 2.05) is 31.2 Å². The predicted octanol–water partition coefficient (Wildman–Crippen LogP) is 6.29. The van der Waals surface area contributed by atoms with E-state index >= 15 is 0 Å². The molecule has 4 heteroatoms. The molecular weight excluding hydrogens is 330 g/mol. The molecule has 1 aromatic carbocycles. The Labute approximate surface area is 154 Å². The summed E-state index contributed by atoms with van der Waals surface area (Å²) in [7, 11) is 0. The van der Waals surface area contributed by atoms with Crippen molar-refractivity contribution in [2.45, 2.75) is 34.1 Å². The molecule has 0 radical (unpaired) electrons. The highest BCUT2D eigenvalue weighted by atomic mass is 32.2. The lowest BCUT2D eigenvalue weighted by molar-refractivity contribution is 0.317. The van der Waals surface area contributed by atoms with Gasteiger partial charge in [0.15, 0.2) is 5.09 Å². The summed E-state index contributed by atoms with van der Waals surface area (Å²) >= 11 is 1.62. The van der Waals surface area contributed by atoms with E-state index in [0.717, 1.165) is 40.8 Å². The summed E-state index contributed by atoms with van der Waals surface area (Å²) in [5.74, 6) is 1.63. The quantitative estimate of drug-likeness (QED) is 0.520. The molecule has 3 nitrogen and oxygen atoms in total. The van der Waals surface area contributed by atoms with Gasteiger partial charge in [-0.1, -0.05) is 36.9 Å². The molecule has 0 bridgehead atoms. The number of allylic oxidation sites excluding steroid dienone is 3. The van der Waals surface area contributed by atoms with E-state index in [1.54, 1.807) is 24.2 Å². The van der Waals surface area contributed by atoms with Crippen LogP contribution in [0, 0.1) is 0 Å². The van der Waals surface area contributed by atoms with Crippen LogP contribution in [0.3, 0.4) is 0 Å². The van der Waals surface area contributed by atoms with Gasteiger partial charge in [-0.2, -0.15) is 0 Å². The Morgan fingerprint density at radius 1 is 1.12 bits per heavy atom. The van der Waals surface area contributed by atoms with Crippen LogP contribution in [0.25, 0.3) is 5.57 Å². The fraction of sp³-hybridized carbons (Fsp3) is 0.286. The molecule has 1 aromatic heterocycles. The van der Waals surface area contributed by atoms with Gasteiger partial charge in [-0.05, 0) is 61.9 Å². The minimum atomic E-state index is 0.733. The van der Waals surface area contributed by atoms with Crippen LogP contribution in [0.4, 0.5) is 0 Å². The van der Waals surface area contributed by atoms with Crippen molar-refractivity contribution in [3.8, 4) is 11.5 Å². The zero-order valence-electron chi connectivity index (χ0n) is 15.3. The smallest absolute Gasteiger partial charge is 0.168 e. The van der Waals surface area contributed by atoms with Crippen LogP contribution in [0.5, 0.6) is 11.5 Å². The number of rotatable bonds is 8. The molecule has 25 heavy (non-hydrogen) atoms. The first-order valence-corrected chi connectivity index (χ1v) is 9.28. The molecule has 0 aliphatic rings. The summed E-state index contributed by atoms with van der Waals surface area (Å²) in [5, 5.41) is 0.853. The monoisotopic (exact) mass is 355 g/mol. The SMILES string of the molecule is C/C=C(/C)S/C(Oc1cccnc1)=C(\C)c1ccc(OCCC)cc1. The topological polar surface area (TPSA) is 31.4 Å². The van der Waals surface area contributed by atoms with Gasteiger partial charge in [0.25, 0.3) is 0 Å². The molecule has 0 atom stereocenters. The Bertz CT molecular complexity index is 721. The zero-order chi connectivity index (χ0) is 18.1. The summed E-state index contributed by atoms with van der Waals surface area (Å²) in [5.41, 5.74) is 2.19. The third-order valence-corrected chi connectivity index (χ3v) is 4.70. The van der Waals surface area contributed by atoms with Gasteiger partial charge >= 0.3 is 0 Å². The average Bonchev–Trinajstić information content (AvgIpc) is 2.66. The van der Waals surface area contributed by atoms with Crippen LogP contribution in [0.1, 0.15) is 39.7 Å². The van der Waals surface area contributed by atoms with Crippen molar-refractivity contribution < 1.29 is 9.47 Å². The standard InChI is InChI=1S/C21H25NO2S/c1-5-14-23-19-11-9-18(10-12-19)17(4)21(25-16(3)6-2)24-20-8-7-13-22-15-20/h6-13,15H,5,14H2,1-4H3/b16-6-,21-17+. The summed E-state index contributed by atoms with van der Waals surface area (Å²) in [6.45, 7) is 9.01. The van der Waals surface area contributed by atoms with Crippen LogP contribution in [0.15, 0.2) is 64.9 Å². The maximum absolute atomic E-state index is 6.11. The van der Waals surface area contributed by atoms with Crippen molar-refractivity contribution in [1.82, 2.24) is 4.98 Å². The van der Waals surface area contributed by atoms with E-state index in [-0.39, 0.29) is 0 Å². The molecule has 0 saturated heterocycles. The molecular formula is C21H25NO2S. The molecule has 2 rings (SSSR count). The molecule has 0 fully saturated rings. The van der Waals surface area contributed by atoms with Crippen LogP contribution in [-0.2, 0) is 0 Å². The zero-order valence-corrected chi connectivity index (χ0v) is 16.1. The number of aromatic nitrogens is 1. The lowest BCUT2D eigenvalue weighted by Crippen LogP contribution is -1.97. The predicted molar refractivity (Wildman–Crippen MR) is 107 cm³/mol. The van der Waals surface area contributed by atoms with Crippen molar-refractivity contribution in [2.24, 2.45) is 0 Å². The first-order chi connectivity index (χ1) is 12.1. The number of ether oxygens (including phenoxy) is 2. The molecule has 1 heterocycles. The van der Waals surface area contributed by atoms with Gasteiger partial charge in [0, 0.05) is 11.8 Å². The summed E-state index contributed by atoms with van der Waals surface area (Å²) in [6, 6.07) is 11.9. The summed E-state index contributed by atoms with van der Waals surface area (Å²) < 4.78 is 11.8. The van der Waals surface area contributed by atoms with E-state index in [1.165, 1.54) is 4.91 Å². The van der Waals surface area contributed by atoms with Crippen molar-refractivity contribution in [3.63, 3.8) is 0 Å². The Hall–Kier alpha value is -2.20. The number of hydrogen-bond acceptors (Lipinski definition) is 4. The molecule has 2 aromatic rings. The highest BCUT2D eigenvalue weighted by Gasteiger charge is 2.10. The lowest BCUT2D eigenvalue weighted by atomic mass is 10.1. The minimum Gasteiger partial charge on any atom is -0.494 e. The van der Waals surface area contributed by atoms with Crippen LogP contribution in [-0.4, -0.2) is 11.6 Å². The molecule has 0 aliphatic carbocycles. The minimum absolute atomic E-state index is 0.733. The van der Waals surface area contributed by atoms with Gasteiger partial charge in [0.05, 0.1) is 12.8 Å². The first kappa shape index (κ1) is 19.1.